The van der Waals surface area contributed by atoms with Gasteiger partial charge in [0.05, 0.1) is 10.6 Å². The Morgan fingerprint density at radius 2 is 1.54 bits per heavy atom. The average Bonchev–Trinajstić information content (AvgIpc) is 2.91. The maximum Gasteiger partial charge on any atom is 0.264 e. The Hall–Kier alpha value is -3.79. The van der Waals surface area contributed by atoms with Crippen LogP contribution in [0.2, 0.25) is 0 Å². The third-order valence-electron chi connectivity index (χ3n) is 6.44. The Labute approximate surface area is 228 Å². The summed E-state index contributed by atoms with van der Waals surface area (Å²) in [6.45, 7) is 6.20. The molecule has 0 spiro atoms. The van der Waals surface area contributed by atoms with Gasteiger partial charge in [-0.1, -0.05) is 48.9 Å². The number of para-hydroxylation sites is 1. The zero-order chi connectivity index (χ0) is 28.7. The van der Waals surface area contributed by atoms with Crippen LogP contribution in [0.5, 0.6) is 0 Å². The third-order valence-corrected chi connectivity index (χ3v) is 8.22. The fourth-order valence-corrected chi connectivity index (χ4v) is 5.26. The van der Waals surface area contributed by atoms with Gasteiger partial charge in [-0.25, -0.2) is 17.2 Å². The van der Waals surface area contributed by atoms with Crippen molar-refractivity contribution in [2.75, 3.05) is 10.8 Å². The molecule has 0 bridgehead atoms. The Bertz CT molecular complexity index is 1400. The smallest absolute Gasteiger partial charge is 0.264 e. The van der Waals surface area contributed by atoms with Gasteiger partial charge < -0.3 is 10.2 Å². The highest BCUT2D eigenvalue weighted by molar-refractivity contribution is 7.92. The van der Waals surface area contributed by atoms with E-state index in [2.05, 4.69) is 5.32 Å². The van der Waals surface area contributed by atoms with Crippen molar-refractivity contribution in [3.8, 4) is 0 Å². The topological polar surface area (TPSA) is 86.8 Å². The van der Waals surface area contributed by atoms with Crippen LogP contribution in [0.4, 0.5) is 14.5 Å². The number of rotatable bonds is 11. The summed E-state index contributed by atoms with van der Waals surface area (Å²) >= 11 is 0. The predicted octanol–water partition coefficient (Wildman–Crippen LogP) is 4.80. The van der Waals surface area contributed by atoms with E-state index in [1.807, 2.05) is 13.8 Å². The van der Waals surface area contributed by atoms with E-state index >= 15 is 0 Å². The molecule has 3 aromatic carbocycles. The molecule has 3 aromatic rings. The zero-order valence-corrected chi connectivity index (χ0v) is 23.2. The standard InChI is InChI=1S/C29H33F2N3O4S/c1-5-21(3)32-29(36)22(4)33(18-23-12-14-24(30)15-13-23)28(35)19-34(27-9-7-6-8-26(27)31)39(37,38)25-16-10-20(2)11-17-25/h6-17,21-22H,5,18-19H2,1-4H3,(H,32,36)/t21-,22+/m0/s1. The highest BCUT2D eigenvalue weighted by Crippen LogP contribution is 2.27. The van der Waals surface area contributed by atoms with E-state index in [-0.39, 0.29) is 23.2 Å². The first-order valence-corrected chi connectivity index (χ1v) is 14.1. The summed E-state index contributed by atoms with van der Waals surface area (Å²) in [4.78, 5) is 27.9. The van der Waals surface area contributed by atoms with Crippen LogP contribution in [0.25, 0.3) is 0 Å². The van der Waals surface area contributed by atoms with E-state index in [4.69, 9.17) is 0 Å². The maximum atomic E-state index is 14.9. The van der Waals surface area contributed by atoms with Gasteiger partial charge in [-0.15, -0.1) is 0 Å². The monoisotopic (exact) mass is 557 g/mol. The fraction of sp³-hybridized carbons (Fsp3) is 0.310. The number of carbonyl (C=O) groups excluding carboxylic acids is 2. The molecule has 208 valence electrons. The number of aryl methyl sites for hydroxylation is 1. The van der Waals surface area contributed by atoms with E-state index in [0.717, 1.165) is 11.6 Å². The van der Waals surface area contributed by atoms with E-state index in [1.165, 1.54) is 66.4 Å². The molecule has 2 atom stereocenters. The Kier molecular flexibility index (Phi) is 9.80. The van der Waals surface area contributed by atoms with Gasteiger partial charge in [0.25, 0.3) is 10.0 Å². The molecular weight excluding hydrogens is 524 g/mol. The predicted molar refractivity (Wildman–Crippen MR) is 146 cm³/mol. The van der Waals surface area contributed by atoms with Crippen LogP contribution >= 0.6 is 0 Å². The normalized spacial score (nSPS) is 12.9. The van der Waals surface area contributed by atoms with Crippen LogP contribution in [0, 0.1) is 18.6 Å². The molecule has 0 heterocycles. The SMILES string of the molecule is CC[C@H](C)NC(=O)[C@@H](C)N(Cc1ccc(F)cc1)C(=O)CN(c1ccccc1F)S(=O)(=O)c1ccc(C)cc1. The minimum absolute atomic E-state index is 0.0934. The highest BCUT2D eigenvalue weighted by Gasteiger charge is 2.33. The van der Waals surface area contributed by atoms with E-state index < -0.39 is 46.1 Å². The van der Waals surface area contributed by atoms with Gasteiger partial charge in [0.15, 0.2) is 0 Å². The summed E-state index contributed by atoms with van der Waals surface area (Å²) in [6.07, 6.45) is 0.667. The Morgan fingerprint density at radius 1 is 0.923 bits per heavy atom. The van der Waals surface area contributed by atoms with Gasteiger partial charge in [-0.05, 0) is 69.2 Å². The van der Waals surface area contributed by atoms with Crippen LogP contribution in [-0.4, -0.2) is 43.8 Å². The molecular formula is C29H33F2N3O4S. The van der Waals surface area contributed by atoms with Crippen molar-refractivity contribution < 1.29 is 26.8 Å². The van der Waals surface area contributed by atoms with E-state index in [9.17, 15) is 26.8 Å². The number of halogens is 2. The molecule has 1 N–H and O–H groups in total. The number of nitrogens with one attached hydrogen (secondary N) is 1. The second-order valence-corrected chi connectivity index (χ2v) is 11.3. The lowest BCUT2D eigenvalue weighted by atomic mass is 10.1. The van der Waals surface area contributed by atoms with Crippen LogP contribution in [0.3, 0.4) is 0 Å². The molecule has 0 aliphatic carbocycles. The number of hydrogen-bond acceptors (Lipinski definition) is 4. The van der Waals surface area contributed by atoms with Gasteiger partial charge in [0.1, 0.15) is 24.2 Å². The number of hydrogen-bond donors (Lipinski definition) is 1. The summed E-state index contributed by atoms with van der Waals surface area (Å²) in [5.41, 5.74) is 1.06. The minimum Gasteiger partial charge on any atom is -0.352 e. The molecule has 7 nitrogen and oxygen atoms in total. The molecule has 0 fully saturated rings. The highest BCUT2D eigenvalue weighted by atomic mass is 32.2. The van der Waals surface area contributed by atoms with Crippen LogP contribution in [-0.2, 0) is 26.2 Å². The summed E-state index contributed by atoms with van der Waals surface area (Å²) in [6, 6.07) is 15.5. The zero-order valence-electron chi connectivity index (χ0n) is 22.4. The Balaban J connectivity index is 2.03. The van der Waals surface area contributed by atoms with Gasteiger partial charge in [0.2, 0.25) is 11.8 Å². The molecule has 0 aromatic heterocycles. The van der Waals surface area contributed by atoms with Crippen molar-refractivity contribution in [1.29, 1.82) is 0 Å². The van der Waals surface area contributed by atoms with Gasteiger partial charge in [0, 0.05) is 12.6 Å². The molecule has 2 amide bonds. The summed E-state index contributed by atoms with van der Waals surface area (Å²) in [7, 11) is -4.37. The van der Waals surface area contributed by atoms with Gasteiger partial charge in [-0.3, -0.25) is 13.9 Å². The third kappa shape index (κ3) is 7.41. The van der Waals surface area contributed by atoms with E-state index in [0.29, 0.717) is 16.3 Å². The maximum absolute atomic E-state index is 14.9. The summed E-state index contributed by atoms with van der Waals surface area (Å²) in [5, 5.41) is 2.83. The molecule has 0 radical (unpaired) electrons. The molecule has 0 aliphatic heterocycles. The van der Waals surface area contributed by atoms with Crippen LogP contribution < -0.4 is 9.62 Å². The summed E-state index contributed by atoms with van der Waals surface area (Å²) < 4.78 is 56.6. The number of anilines is 1. The minimum atomic E-state index is -4.37. The number of carbonyl (C=O) groups is 2. The molecule has 39 heavy (non-hydrogen) atoms. The van der Waals surface area contributed by atoms with Crippen molar-refractivity contribution >= 4 is 27.5 Å². The van der Waals surface area contributed by atoms with Crippen molar-refractivity contribution in [2.24, 2.45) is 0 Å². The van der Waals surface area contributed by atoms with Gasteiger partial charge in [-0.2, -0.15) is 0 Å². The first-order valence-electron chi connectivity index (χ1n) is 12.6. The van der Waals surface area contributed by atoms with Crippen LogP contribution in [0.1, 0.15) is 38.3 Å². The van der Waals surface area contributed by atoms with Crippen LogP contribution in [0.15, 0.2) is 77.7 Å². The number of nitrogens with zero attached hydrogens (tertiary/aromatic N) is 2. The molecule has 0 unspecified atom stereocenters. The molecule has 0 aliphatic rings. The lowest BCUT2D eigenvalue weighted by Gasteiger charge is -2.32. The van der Waals surface area contributed by atoms with Crippen molar-refractivity contribution in [2.45, 2.75) is 57.6 Å². The largest absolute Gasteiger partial charge is 0.352 e. The number of benzene rings is 3. The molecule has 3 rings (SSSR count). The van der Waals surface area contributed by atoms with E-state index in [1.54, 1.807) is 19.1 Å². The quantitative estimate of drug-likeness (QED) is 0.367. The van der Waals surface area contributed by atoms with Crippen molar-refractivity contribution in [1.82, 2.24) is 10.2 Å². The van der Waals surface area contributed by atoms with Crippen molar-refractivity contribution in [3.05, 3.63) is 95.6 Å². The average molecular weight is 558 g/mol. The molecule has 0 saturated heterocycles. The molecule has 10 heteroatoms. The number of sulfonamides is 1. The lowest BCUT2D eigenvalue weighted by Crippen LogP contribution is -2.52. The van der Waals surface area contributed by atoms with Gasteiger partial charge >= 0.3 is 0 Å². The lowest BCUT2D eigenvalue weighted by molar-refractivity contribution is -0.139. The first-order chi connectivity index (χ1) is 18.4. The molecule has 0 saturated carbocycles. The van der Waals surface area contributed by atoms with Crippen molar-refractivity contribution in [3.63, 3.8) is 0 Å². The second kappa shape index (κ2) is 12.8. The Morgan fingerprint density at radius 3 is 2.13 bits per heavy atom. The number of amides is 2. The fourth-order valence-electron chi connectivity index (χ4n) is 3.84. The second-order valence-electron chi connectivity index (χ2n) is 9.42. The first kappa shape index (κ1) is 29.8. The summed E-state index contributed by atoms with van der Waals surface area (Å²) in [5.74, 6) is -2.45.